The van der Waals surface area contributed by atoms with E-state index in [-0.39, 0.29) is 11.9 Å². The predicted molar refractivity (Wildman–Crippen MR) is 77.0 cm³/mol. The number of halogens is 1. The second kappa shape index (κ2) is 5.80. The molecule has 1 saturated heterocycles. The number of rotatable bonds is 4. The number of likely N-dealkylation sites (tertiary alicyclic amines) is 1. The molecule has 2 unspecified atom stereocenters. The summed E-state index contributed by atoms with van der Waals surface area (Å²) in [7, 11) is 0. The second-order valence-corrected chi connectivity index (χ2v) is 6.32. The van der Waals surface area contributed by atoms with Gasteiger partial charge in [0.05, 0.1) is 11.7 Å². The van der Waals surface area contributed by atoms with Crippen LogP contribution in [0.25, 0.3) is 0 Å². The van der Waals surface area contributed by atoms with Crippen LogP contribution in [-0.2, 0) is 0 Å². The fourth-order valence-electron chi connectivity index (χ4n) is 3.18. The lowest BCUT2D eigenvalue weighted by molar-refractivity contribution is -0.0161. The van der Waals surface area contributed by atoms with E-state index >= 15 is 0 Å². The van der Waals surface area contributed by atoms with Crippen LogP contribution >= 0.6 is 0 Å². The first-order chi connectivity index (χ1) is 9.29. The molecule has 1 aromatic carbocycles. The smallest absolute Gasteiger partial charge is 0.123 e. The molecule has 0 bridgehead atoms. The van der Waals surface area contributed by atoms with E-state index < -0.39 is 11.7 Å². The van der Waals surface area contributed by atoms with E-state index in [0.717, 1.165) is 30.5 Å². The van der Waals surface area contributed by atoms with Crippen molar-refractivity contribution in [3.8, 4) is 0 Å². The molecule has 0 radical (unpaired) electrons. The van der Waals surface area contributed by atoms with Crippen molar-refractivity contribution in [1.82, 2.24) is 4.90 Å². The molecular formula is C16H24FNO2. The van der Waals surface area contributed by atoms with Crippen molar-refractivity contribution in [2.45, 2.75) is 51.4 Å². The quantitative estimate of drug-likeness (QED) is 0.890. The van der Waals surface area contributed by atoms with Gasteiger partial charge in [-0.3, -0.25) is 4.90 Å². The number of hydrogen-bond donors (Lipinski definition) is 2. The summed E-state index contributed by atoms with van der Waals surface area (Å²) in [5.41, 5.74) is 0.748. The van der Waals surface area contributed by atoms with E-state index in [9.17, 15) is 14.6 Å². The number of β-amino-alcohol motifs (C(OH)–C–C–N with tert-alkyl or cyclic N) is 1. The fourth-order valence-corrected chi connectivity index (χ4v) is 3.18. The van der Waals surface area contributed by atoms with Crippen molar-refractivity contribution in [2.75, 3.05) is 13.1 Å². The van der Waals surface area contributed by atoms with Gasteiger partial charge in [-0.2, -0.15) is 0 Å². The maximum absolute atomic E-state index is 13.1. The molecule has 0 saturated carbocycles. The first-order valence-electron chi connectivity index (χ1n) is 7.19. The molecule has 4 heteroatoms. The number of hydrogen-bond acceptors (Lipinski definition) is 3. The van der Waals surface area contributed by atoms with Gasteiger partial charge in [-0.15, -0.1) is 0 Å². The Kier molecular flexibility index (Phi) is 4.47. The zero-order valence-electron chi connectivity index (χ0n) is 12.4. The zero-order chi connectivity index (χ0) is 14.9. The van der Waals surface area contributed by atoms with Gasteiger partial charge in [0.2, 0.25) is 0 Å². The highest BCUT2D eigenvalue weighted by Gasteiger charge is 2.36. The summed E-state index contributed by atoms with van der Waals surface area (Å²) in [5.74, 6) is -0.283. The molecule has 0 spiro atoms. The molecule has 0 amide bonds. The highest BCUT2D eigenvalue weighted by molar-refractivity contribution is 5.28. The van der Waals surface area contributed by atoms with Crippen molar-refractivity contribution in [2.24, 2.45) is 0 Å². The highest BCUT2D eigenvalue weighted by Crippen LogP contribution is 2.29. The average molecular weight is 281 g/mol. The monoisotopic (exact) mass is 281 g/mol. The maximum Gasteiger partial charge on any atom is 0.123 e. The zero-order valence-corrected chi connectivity index (χ0v) is 12.4. The van der Waals surface area contributed by atoms with Gasteiger partial charge in [-0.05, 0) is 63.4 Å². The Morgan fingerprint density at radius 3 is 2.75 bits per heavy atom. The molecule has 0 aromatic heterocycles. The van der Waals surface area contributed by atoms with Gasteiger partial charge in [0.15, 0.2) is 0 Å². The molecule has 1 aliphatic rings. The normalized spacial score (nSPS) is 22.2. The minimum atomic E-state index is -0.770. The molecule has 2 N–H and O–H groups in total. The molecule has 2 atom stereocenters. The molecule has 112 valence electrons. The lowest BCUT2D eigenvalue weighted by Gasteiger charge is -2.35. The van der Waals surface area contributed by atoms with Crippen LogP contribution in [0.3, 0.4) is 0 Å². The molecule has 1 aliphatic heterocycles. The third kappa shape index (κ3) is 3.37. The first-order valence-corrected chi connectivity index (χ1v) is 7.19. The summed E-state index contributed by atoms with van der Waals surface area (Å²) >= 11 is 0. The number of aliphatic hydroxyl groups is 2. The van der Waals surface area contributed by atoms with Gasteiger partial charge in [-0.25, -0.2) is 4.39 Å². The second-order valence-electron chi connectivity index (χ2n) is 6.32. The van der Waals surface area contributed by atoms with Crippen molar-refractivity contribution in [3.05, 3.63) is 35.1 Å². The Morgan fingerprint density at radius 1 is 1.45 bits per heavy atom. The van der Waals surface area contributed by atoms with Crippen LogP contribution in [0.15, 0.2) is 18.2 Å². The summed E-state index contributed by atoms with van der Waals surface area (Å²) < 4.78 is 13.1. The van der Waals surface area contributed by atoms with E-state index in [1.165, 1.54) is 12.1 Å². The van der Waals surface area contributed by atoms with Gasteiger partial charge in [0.1, 0.15) is 5.82 Å². The summed E-state index contributed by atoms with van der Waals surface area (Å²) in [5, 5.41) is 20.6. The van der Waals surface area contributed by atoms with Gasteiger partial charge in [-0.1, -0.05) is 6.07 Å². The summed E-state index contributed by atoms with van der Waals surface area (Å²) in [6, 6.07) is 4.53. The third-order valence-electron chi connectivity index (χ3n) is 4.18. The molecule has 0 aliphatic carbocycles. The summed E-state index contributed by atoms with van der Waals surface area (Å²) in [4.78, 5) is 2.13. The number of aryl methyl sites for hydroxylation is 1. The molecule has 1 fully saturated rings. The van der Waals surface area contributed by atoms with Gasteiger partial charge >= 0.3 is 0 Å². The van der Waals surface area contributed by atoms with Crippen molar-refractivity contribution in [3.63, 3.8) is 0 Å². The van der Waals surface area contributed by atoms with Crippen LogP contribution in [0, 0.1) is 12.7 Å². The van der Waals surface area contributed by atoms with Crippen molar-refractivity contribution < 1.29 is 14.6 Å². The fraction of sp³-hybridized carbons (Fsp3) is 0.625. The first kappa shape index (κ1) is 15.4. The lowest BCUT2D eigenvalue weighted by Crippen LogP contribution is -2.46. The molecule has 20 heavy (non-hydrogen) atoms. The largest absolute Gasteiger partial charge is 0.389 e. The van der Waals surface area contributed by atoms with Crippen LogP contribution < -0.4 is 0 Å². The van der Waals surface area contributed by atoms with Crippen molar-refractivity contribution in [1.29, 1.82) is 0 Å². The molecule has 3 nitrogen and oxygen atoms in total. The Morgan fingerprint density at radius 2 is 2.15 bits per heavy atom. The van der Waals surface area contributed by atoms with Crippen molar-refractivity contribution >= 4 is 0 Å². The van der Waals surface area contributed by atoms with E-state index in [4.69, 9.17) is 0 Å². The Balaban J connectivity index is 2.09. The van der Waals surface area contributed by atoms with Crippen LogP contribution in [-0.4, -0.2) is 39.8 Å². The standard InChI is InChI=1S/C16H24FNO2/c1-11-9-12(17)6-7-13(11)14(19)10-18-8-4-5-15(18)16(2,3)20/h6-7,9,14-15,19-20H,4-5,8,10H2,1-3H3. The van der Waals surface area contributed by atoms with E-state index in [1.54, 1.807) is 13.0 Å². The van der Waals surface area contributed by atoms with E-state index in [1.807, 2.05) is 13.8 Å². The molecule has 1 heterocycles. The van der Waals surface area contributed by atoms with Crippen LogP contribution in [0.4, 0.5) is 4.39 Å². The SMILES string of the molecule is Cc1cc(F)ccc1C(O)CN1CCCC1C(C)(C)O. The highest BCUT2D eigenvalue weighted by atomic mass is 19.1. The van der Waals surface area contributed by atoms with E-state index in [2.05, 4.69) is 4.90 Å². The topological polar surface area (TPSA) is 43.7 Å². The Hall–Kier alpha value is -0.970. The van der Waals surface area contributed by atoms with Gasteiger partial charge in [0.25, 0.3) is 0 Å². The number of aliphatic hydroxyl groups excluding tert-OH is 1. The van der Waals surface area contributed by atoms with Crippen LogP contribution in [0.5, 0.6) is 0 Å². The third-order valence-corrected chi connectivity index (χ3v) is 4.18. The Labute approximate surface area is 120 Å². The number of nitrogens with zero attached hydrogens (tertiary/aromatic N) is 1. The summed E-state index contributed by atoms with van der Waals surface area (Å²) in [6.07, 6.45) is 1.32. The maximum atomic E-state index is 13.1. The van der Waals surface area contributed by atoms with Gasteiger partial charge < -0.3 is 10.2 Å². The van der Waals surface area contributed by atoms with E-state index in [0.29, 0.717) is 6.54 Å². The van der Waals surface area contributed by atoms with Crippen LogP contribution in [0.1, 0.15) is 43.9 Å². The molecule has 2 rings (SSSR count). The molecular weight excluding hydrogens is 257 g/mol. The minimum Gasteiger partial charge on any atom is -0.389 e. The van der Waals surface area contributed by atoms with Crippen LogP contribution in [0.2, 0.25) is 0 Å². The Bertz CT molecular complexity index is 470. The minimum absolute atomic E-state index is 0.0675. The number of benzene rings is 1. The molecule has 1 aromatic rings. The predicted octanol–water partition coefficient (Wildman–Crippen LogP) is 2.40. The van der Waals surface area contributed by atoms with Gasteiger partial charge in [0, 0.05) is 12.6 Å². The average Bonchev–Trinajstić information content (AvgIpc) is 2.76. The summed E-state index contributed by atoms with van der Waals surface area (Å²) in [6.45, 7) is 6.78. The lowest BCUT2D eigenvalue weighted by atomic mass is 9.96.